The van der Waals surface area contributed by atoms with Crippen molar-refractivity contribution >= 4 is 28.4 Å². The molecule has 0 saturated heterocycles. The number of aryl methyl sites for hydroxylation is 2. The van der Waals surface area contributed by atoms with Gasteiger partial charge in [-0.3, -0.25) is 19.3 Å². The third kappa shape index (κ3) is 5.03. The SMILES string of the molecule is Cc1cc2c(N)n[nH]c2cc1CNC(=O)Cn1c(C)cnc(NCCc2ccccc2)c1=O. The predicted molar refractivity (Wildman–Crippen MR) is 129 cm³/mol. The van der Waals surface area contributed by atoms with Crippen LogP contribution in [0.15, 0.2) is 53.5 Å². The van der Waals surface area contributed by atoms with E-state index in [4.69, 9.17) is 5.73 Å². The average molecular weight is 446 g/mol. The minimum atomic E-state index is -0.316. The number of aromatic amines is 1. The number of fused-ring (bicyclic) bond motifs is 1. The van der Waals surface area contributed by atoms with Gasteiger partial charge in [-0.05, 0) is 49.1 Å². The van der Waals surface area contributed by atoms with Gasteiger partial charge >= 0.3 is 0 Å². The highest BCUT2D eigenvalue weighted by molar-refractivity contribution is 5.89. The zero-order valence-corrected chi connectivity index (χ0v) is 18.7. The molecule has 9 nitrogen and oxygen atoms in total. The molecule has 0 atom stereocenters. The summed E-state index contributed by atoms with van der Waals surface area (Å²) in [6, 6.07) is 13.9. The van der Waals surface area contributed by atoms with Crippen LogP contribution in [0.3, 0.4) is 0 Å². The van der Waals surface area contributed by atoms with Crippen molar-refractivity contribution in [1.29, 1.82) is 0 Å². The number of hydrogen-bond donors (Lipinski definition) is 4. The van der Waals surface area contributed by atoms with Crippen molar-refractivity contribution < 1.29 is 4.79 Å². The van der Waals surface area contributed by atoms with Gasteiger partial charge in [-0.2, -0.15) is 5.10 Å². The third-order valence-corrected chi connectivity index (χ3v) is 5.63. The third-order valence-electron chi connectivity index (χ3n) is 5.63. The Kier molecular flexibility index (Phi) is 6.39. The van der Waals surface area contributed by atoms with E-state index < -0.39 is 0 Å². The number of benzene rings is 2. The summed E-state index contributed by atoms with van der Waals surface area (Å²) in [6.07, 6.45) is 2.36. The lowest BCUT2D eigenvalue weighted by atomic mass is 10.1. The number of nitrogens with two attached hydrogens (primary N) is 1. The molecule has 0 aliphatic carbocycles. The fourth-order valence-electron chi connectivity index (χ4n) is 3.68. The number of carbonyl (C=O) groups excluding carboxylic acids is 1. The summed E-state index contributed by atoms with van der Waals surface area (Å²) in [6.45, 7) is 4.54. The van der Waals surface area contributed by atoms with Gasteiger partial charge in [-0.25, -0.2) is 4.98 Å². The summed E-state index contributed by atoms with van der Waals surface area (Å²) in [5, 5.41) is 13.7. The first-order chi connectivity index (χ1) is 15.9. The molecule has 0 aliphatic heterocycles. The molecule has 2 heterocycles. The lowest BCUT2D eigenvalue weighted by Gasteiger charge is -2.13. The van der Waals surface area contributed by atoms with Crippen molar-refractivity contribution in [1.82, 2.24) is 25.1 Å². The molecular weight excluding hydrogens is 418 g/mol. The zero-order chi connectivity index (χ0) is 23.4. The second-order valence-corrected chi connectivity index (χ2v) is 8.01. The topological polar surface area (TPSA) is 131 Å². The molecule has 1 amide bonds. The highest BCUT2D eigenvalue weighted by atomic mass is 16.2. The number of nitrogens with zero attached hydrogens (tertiary/aromatic N) is 3. The minimum absolute atomic E-state index is 0.0845. The van der Waals surface area contributed by atoms with E-state index >= 15 is 0 Å². The summed E-state index contributed by atoms with van der Waals surface area (Å²) in [5.74, 6) is 0.428. The summed E-state index contributed by atoms with van der Waals surface area (Å²) in [7, 11) is 0. The number of anilines is 2. The average Bonchev–Trinajstić information content (AvgIpc) is 3.16. The zero-order valence-electron chi connectivity index (χ0n) is 18.7. The standard InChI is InChI=1S/C24H27N7O2/c1-15-10-19-20(29-30-22(19)25)11-18(15)13-27-21(32)14-31-16(2)12-28-23(24(31)33)26-9-8-17-6-4-3-5-7-17/h3-7,10-12H,8-9,13-14H2,1-2H3,(H,26,28)(H,27,32)(H3,25,29,30). The molecule has 4 aromatic rings. The molecule has 170 valence electrons. The number of nitrogen functional groups attached to an aromatic ring is 1. The van der Waals surface area contributed by atoms with E-state index in [1.807, 2.05) is 49.4 Å². The molecule has 33 heavy (non-hydrogen) atoms. The molecule has 0 aliphatic rings. The molecule has 9 heteroatoms. The first-order valence-corrected chi connectivity index (χ1v) is 10.8. The highest BCUT2D eigenvalue weighted by Crippen LogP contribution is 2.22. The fraction of sp³-hybridized carbons (Fsp3) is 0.250. The van der Waals surface area contributed by atoms with Crippen molar-refractivity contribution in [3.05, 3.63) is 81.4 Å². The Morgan fingerprint density at radius 3 is 2.76 bits per heavy atom. The first-order valence-electron chi connectivity index (χ1n) is 10.8. The number of hydrogen-bond acceptors (Lipinski definition) is 6. The van der Waals surface area contributed by atoms with E-state index in [0.717, 1.165) is 28.5 Å². The maximum atomic E-state index is 12.9. The molecule has 5 N–H and O–H groups in total. The maximum absolute atomic E-state index is 12.9. The molecule has 0 spiro atoms. The van der Waals surface area contributed by atoms with Crippen molar-refractivity contribution in [3.63, 3.8) is 0 Å². The molecule has 0 saturated carbocycles. The van der Waals surface area contributed by atoms with E-state index in [9.17, 15) is 9.59 Å². The van der Waals surface area contributed by atoms with Crippen LogP contribution in [-0.2, 0) is 24.3 Å². The summed E-state index contributed by atoms with van der Waals surface area (Å²) < 4.78 is 1.43. The van der Waals surface area contributed by atoms with Crippen LogP contribution >= 0.6 is 0 Å². The van der Waals surface area contributed by atoms with Gasteiger partial charge in [0.15, 0.2) is 11.6 Å². The highest BCUT2D eigenvalue weighted by Gasteiger charge is 2.13. The van der Waals surface area contributed by atoms with Crippen LogP contribution in [0, 0.1) is 13.8 Å². The van der Waals surface area contributed by atoms with E-state index in [0.29, 0.717) is 24.6 Å². The van der Waals surface area contributed by atoms with Crippen LogP contribution in [-0.4, -0.2) is 32.2 Å². The Labute approximate surface area is 191 Å². The lowest BCUT2D eigenvalue weighted by molar-refractivity contribution is -0.121. The van der Waals surface area contributed by atoms with Crippen LogP contribution in [0.2, 0.25) is 0 Å². The van der Waals surface area contributed by atoms with Gasteiger partial charge in [-0.15, -0.1) is 0 Å². The van der Waals surface area contributed by atoms with Crippen molar-refractivity contribution in [2.75, 3.05) is 17.6 Å². The predicted octanol–water partition coefficient (Wildman–Crippen LogP) is 2.29. The molecule has 0 fully saturated rings. The van der Waals surface area contributed by atoms with Gasteiger partial charge in [-0.1, -0.05) is 30.3 Å². The minimum Gasteiger partial charge on any atom is -0.382 e. The van der Waals surface area contributed by atoms with Crippen LogP contribution in [0.1, 0.15) is 22.4 Å². The lowest BCUT2D eigenvalue weighted by Crippen LogP contribution is -2.34. The molecule has 2 aromatic carbocycles. The van der Waals surface area contributed by atoms with Crippen molar-refractivity contribution in [2.45, 2.75) is 33.4 Å². The van der Waals surface area contributed by atoms with Gasteiger partial charge in [0.25, 0.3) is 5.56 Å². The van der Waals surface area contributed by atoms with E-state index in [1.165, 1.54) is 10.1 Å². The molecule has 2 aromatic heterocycles. The Morgan fingerprint density at radius 2 is 1.97 bits per heavy atom. The van der Waals surface area contributed by atoms with E-state index in [-0.39, 0.29) is 23.8 Å². The fourth-order valence-corrected chi connectivity index (χ4v) is 3.68. The Bertz CT molecular complexity index is 1340. The van der Waals surface area contributed by atoms with Gasteiger partial charge < -0.3 is 16.4 Å². The first kappa shape index (κ1) is 22.1. The smallest absolute Gasteiger partial charge is 0.293 e. The number of amides is 1. The van der Waals surface area contributed by atoms with Gasteiger partial charge in [0.2, 0.25) is 5.91 Å². The second-order valence-electron chi connectivity index (χ2n) is 8.01. The Hall–Kier alpha value is -4.14. The van der Waals surface area contributed by atoms with Crippen molar-refractivity contribution in [2.24, 2.45) is 0 Å². The van der Waals surface area contributed by atoms with Gasteiger partial charge in [0.1, 0.15) is 6.54 Å². The van der Waals surface area contributed by atoms with Crippen LogP contribution in [0.4, 0.5) is 11.6 Å². The maximum Gasteiger partial charge on any atom is 0.293 e. The number of aromatic nitrogens is 4. The largest absolute Gasteiger partial charge is 0.382 e. The van der Waals surface area contributed by atoms with Crippen LogP contribution in [0.5, 0.6) is 0 Å². The molecule has 0 bridgehead atoms. The molecule has 4 rings (SSSR count). The van der Waals surface area contributed by atoms with E-state index in [1.54, 1.807) is 13.1 Å². The quantitative estimate of drug-likeness (QED) is 0.329. The van der Waals surface area contributed by atoms with Crippen LogP contribution < -0.4 is 21.9 Å². The summed E-state index contributed by atoms with van der Waals surface area (Å²) >= 11 is 0. The monoisotopic (exact) mass is 445 g/mol. The van der Waals surface area contributed by atoms with Crippen molar-refractivity contribution in [3.8, 4) is 0 Å². The Balaban J connectivity index is 1.39. The Morgan fingerprint density at radius 1 is 1.18 bits per heavy atom. The summed E-state index contributed by atoms with van der Waals surface area (Å²) in [4.78, 5) is 29.7. The van der Waals surface area contributed by atoms with E-state index in [2.05, 4.69) is 25.8 Å². The number of H-pyrrole nitrogens is 1. The summed E-state index contributed by atoms with van der Waals surface area (Å²) in [5.41, 5.74) is 10.1. The number of carbonyl (C=O) groups is 1. The molecule has 0 unspecified atom stereocenters. The molecular formula is C24H27N7O2. The number of nitrogens with one attached hydrogen (secondary N) is 3. The van der Waals surface area contributed by atoms with Crippen LogP contribution in [0.25, 0.3) is 10.9 Å². The molecule has 0 radical (unpaired) electrons. The second kappa shape index (κ2) is 9.56. The normalized spacial score (nSPS) is 11.0. The van der Waals surface area contributed by atoms with Gasteiger partial charge in [0, 0.05) is 30.4 Å². The number of rotatable bonds is 8. The van der Waals surface area contributed by atoms with Gasteiger partial charge in [0.05, 0.1) is 5.52 Å².